The van der Waals surface area contributed by atoms with Gasteiger partial charge in [0.15, 0.2) is 0 Å². The van der Waals surface area contributed by atoms with Crippen LogP contribution in [0.4, 0.5) is 0 Å². The molecule has 4 atom stereocenters. The van der Waals surface area contributed by atoms with Crippen LogP contribution in [-0.4, -0.2) is 71.5 Å². The largest absolute Gasteiger partial charge is 0.480 e. The maximum atomic E-state index is 13.0. The third-order valence-corrected chi connectivity index (χ3v) is 5.67. The molecule has 0 aromatic carbocycles. The molecular weight excluding hydrogens is 434 g/mol. The predicted octanol–water partition coefficient (Wildman–Crippen LogP) is 0.0468. The number of thioether (sulfide) groups is 1. The molecule has 0 aliphatic rings. The van der Waals surface area contributed by atoms with Crippen molar-refractivity contribution in [2.75, 3.05) is 18.6 Å². The number of hydrogen-bond acceptors (Lipinski definition) is 7. The summed E-state index contributed by atoms with van der Waals surface area (Å²) in [5, 5.41) is 17.2. The SMILES string of the molecule is CSCCC(N)C(=O)NC(CCCCN)C(=O)NC(C(=O)NC(C(=O)O)C(C)C)C(C)C. The average Bonchev–Trinajstić information content (AvgIpc) is 2.72. The summed E-state index contributed by atoms with van der Waals surface area (Å²) in [5.74, 6) is -2.59. The Hall–Kier alpha value is -1.85. The van der Waals surface area contributed by atoms with E-state index in [4.69, 9.17) is 11.5 Å². The van der Waals surface area contributed by atoms with Crippen LogP contribution in [0.15, 0.2) is 0 Å². The number of carbonyl (C=O) groups excluding carboxylic acids is 3. The topological polar surface area (TPSA) is 177 Å². The summed E-state index contributed by atoms with van der Waals surface area (Å²) in [6.45, 7) is 7.32. The van der Waals surface area contributed by atoms with Crippen LogP contribution in [-0.2, 0) is 19.2 Å². The smallest absolute Gasteiger partial charge is 0.326 e. The van der Waals surface area contributed by atoms with Gasteiger partial charge in [-0.05, 0) is 56.1 Å². The first-order chi connectivity index (χ1) is 15.0. The van der Waals surface area contributed by atoms with Crippen molar-refractivity contribution in [3.8, 4) is 0 Å². The second kappa shape index (κ2) is 15.9. The molecule has 0 heterocycles. The highest BCUT2D eigenvalue weighted by Crippen LogP contribution is 2.09. The number of amides is 3. The number of carboxylic acid groups (broad SMARTS) is 1. The van der Waals surface area contributed by atoms with E-state index in [1.54, 1.807) is 39.5 Å². The Bertz CT molecular complexity index is 617. The second-order valence-electron chi connectivity index (χ2n) is 8.53. The fraction of sp³-hybridized carbons (Fsp3) is 0.810. The highest BCUT2D eigenvalue weighted by molar-refractivity contribution is 7.98. The van der Waals surface area contributed by atoms with Crippen LogP contribution in [0.3, 0.4) is 0 Å². The van der Waals surface area contributed by atoms with Crippen molar-refractivity contribution >= 4 is 35.5 Å². The molecule has 11 heteroatoms. The average molecular weight is 476 g/mol. The molecule has 0 aromatic rings. The molecule has 3 amide bonds. The van der Waals surface area contributed by atoms with Crippen molar-refractivity contribution < 1.29 is 24.3 Å². The first kappa shape index (κ1) is 30.1. The van der Waals surface area contributed by atoms with E-state index < -0.39 is 47.9 Å². The molecule has 0 radical (unpaired) electrons. The Labute approximate surface area is 195 Å². The van der Waals surface area contributed by atoms with Crippen molar-refractivity contribution in [3.63, 3.8) is 0 Å². The lowest BCUT2D eigenvalue weighted by atomic mass is 9.99. The Morgan fingerprint density at radius 1 is 0.844 bits per heavy atom. The molecule has 0 spiro atoms. The number of carboxylic acids is 1. The van der Waals surface area contributed by atoms with Crippen molar-refractivity contribution in [2.45, 2.75) is 77.5 Å². The van der Waals surface area contributed by atoms with Crippen LogP contribution in [0, 0.1) is 11.8 Å². The van der Waals surface area contributed by atoms with Gasteiger partial charge in [-0.15, -0.1) is 0 Å². The molecular formula is C21H41N5O5S. The summed E-state index contributed by atoms with van der Waals surface area (Å²) in [5.41, 5.74) is 11.5. The van der Waals surface area contributed by atoms with Gasteiger partial charge < -0.3 is 32.5 Å². The van der Waals surface area contributed by atoms with Gasteiger partial charge in [-0.1, -0.05) is 27.7 Å². The quantitative estimate of drug-likeness (QED) is 0.170. The van der Waals surface area contributed by atoms with Gasteiger partial charge in [0, 0.05) is 0 Å². The summed E-state index contributed by atoms with van der Waals surface area (Å²) in [6, 6.07) is -3.64. The van der Waals surface area contributed by atoms with E-state index in [-0.39, 0.29) is 11.8 Å². The fourth-order valence-electron chi connectivity index (χ4n) is 2.96. The predicted molar refractivity (Wildman–Crippen MR) is 127 cm³/mol. The van der Waals surface area contributed by atoms with Gasteiger partial charge in [-0.2, -0.15) is 11.8 Å². The van der Waals surface area contributed by atoms with Crippen LogP contribution in [0.5, 0.6) is 0 Å². The third-order valence-electron chi connectivity index (χ3n) is 5.03. The lowest BCUT2D eigenvalue weighted by molar-refractivity contribution is -0.143. The molecule has 10 nitrogen and oxygen atoms in total. The molecule has 32 heavy (non-hydrogen) atoms. The molecule has 0 bridgehead atoms. The Balaban J connectivity index is 5.36. The number of nitrogens with two attached hydrogens (primary N) is 2. The van der Waals surface area contributed by atoms with Gasteiger partial charge in [0.1, 0.15) is 18.1 Å². The van der Waals surface area contributed by atoms with Gasteiger partial charge in [-0.25, -0.2) is 4.79 Å². The molecule has 8 N–H and O–H groups in total. The summed E-state index contributed by atoms with van der Waals surface area (Å²) < 4.78 is 0. The van der Waals surface area contributed by atoms with E-state index in [2.05, 4.69) is 16.0 Å². The first-order valence-corrected chi connectivity index (χ1v) is 12.4. The Kier molecular flexibility index (Phi) is 15.0. The van der Waals surface area contributed by atoms with Crippen LogP contribution < -0.4 is 27.4 Å². The van der Waals surface area contributed by atoms with Crippen molar-refractivity contribution in [1.82, 2.24) is 16.0 Å². The second-order valence-corrected chi connectivity index (χ2v) is 9.52. The van der Waals surface area contributed by atoms with Crippen LogP contribution in [0.25, 0.3) is 0 Å². The lowest BCUT2D eigenvalue weighted by Gasteiger charge is -2.28. The number of nitrogens with one attached hydrogen (secondary N) is 3. The molecule has 0 rings (SSSR count). The van der Waals surface area contributed by atoms with Crippen LogP contribution >= 0.6 is 11.8 Å². The molecule has 0 saturated carbocycles. The van der Waals surface area contributed by atoms with E-state index >= 15 is 0 Å². The first-order valence-electron chi connectivity index (χ1n) is 11.0. The lowest BCUT2D eigenvalue weighted by Crippen LogP contribution is -2.59. The highest BCUT2D eigenvalue weighted by atomic mass is 32.2. The van der Waals surface area contributed by atoms with E-state index in [9.17, 15) is 24.3 Å². The molecule has 4 unspecified atom stereocenters. The minimum atomic E-state index is -1.15. The monoisotopic (exact) mass is 475 g/mol. The van der Waals surface area contributed by atoms with Crippen molar-refractivity contribution in [1.29, 1.82) is 0 Å². The Morgan fingerprint density at radius 3 is 1.88 bits per heavy atom. The van der Waals surface area contributed by atoms with Gasteiger partial charge in [0.25, 0.3) is 0 Å². The maximum absolute atomic E-state index is 13.0. The summed E-state index contributed by atoms with van der Waals surface area (Å²) in [6.07, 6.45) is 4.04. The zero-order valence-corrected chi connectivity index (χ0v) is 20.7. The van der Waals surface area contributed by atoms with E-state index in [1.165, 1.54) is 0 Å². The van der Waals surface area contributed by atoms with Gasteiger partial charge in [0.2, 0.25) is 17.7 Å². The number of hydrogen-bond donors (Lipinski definition) is 6. The molecule has 0 fully saturated rings. The fourth-order valence-corrected chi connectivity index (χ4v) is 3.45. The van der Waals surface area contributed by atoms with E-state index in [1.807, 2.05) is 6.26 Å². The molecule has 186 valence electrons. The van der Waals surface area contributed by atoms with Crippen LogP contribution in [0.1, 0.15) is 53.4 Å². The van der Waals surface area contributed by atoms with Crippen LogP contribution in [0.2, 0.25) is 0 Å². The molecule has 0 saturated heterocycles. The zero-order valence-electron chi connectivity index (χ0n) is 19.8. The minimum Gasteiger partial charge on any atom is -0.480 e. The highest BCUT2D eigenvalue weighted by Gasteiger charge is 2.32. The number of rotatable bonds is 16. The van der Waals surface area contributed by atoms with Gasteiger partial charge in [-0.3, -0.25) is 14.4 Å². The normalized spacial score (nSPS) is 15.0. The summed E-state index contributed by atoms with van der Waals surface area (Å²) in [4.78, 5) is 49.6. The number of carbonyl (C=O) groups is 4. The van der Waals surface area contributed by atoms with Crippen molar-refractivity contribution in [2.24, 2.45) is 23.3 Å². The molecule has 0 aliphatic carbocycles. The minimum absolute atomic E-state index is 0.301. The van der Waals surface area contributed by atoms with E-state index in [0.29, 0.717) is 32.2 Å². The number of aliphatic carboxylic acids is 1. The maximum Gasteiger partial charge on any atom is 0.326 e. The van der Waals surface area contributed by atoms with Crippen molar-refractivity contribution in [3.05, 3.63) is 0 Å². The zero-order chi connectivity index (χ0) is 24.8. The summed E-state index contributed by atoms with van der Waals surface area (Å²) >= 11 is 1.57. The third kappa shape index (κ3) is 11.1. The van der Waals surface area contributed by atoms with Gasteiger partial charge >= 0.3 is 5.97 Å². The van der Waals surface area contributed by atoms with E-state index in [0.717, 1.165) is 5.75 Å². The number of unbranched alkanes of at least 4 members (excludes halogenated alkanes) is 1. The molecule has 0 aliphatic heterocycles. The summed E-state index contributed by atoms with van der Waals surface area (Å²) in [7, 11) is 0. The Morgan fingerprint density at radius 2 is 1.41 bits per heavy atom. The van der Waals surface area contributed by atoms with Gasteiger partial charge in [0.05, 0.1) is 6.04 Å². The molecule has 0 aromatic heterocycles. The standard InChI is InChI=1S/C21H41N5O5S/c1-12(2)16(20(29)26-17(13(3)4)21(30)31)25-19(28)15(8-6-7-10-22)24-18(27)14(23)9-11-32-5/h12-17H,6-11,22-23H2,1-5H3,(H,24,27)(H,25,28)(H,26,29)(H,30,31).